The zero-order chi connectivity index (χ0) is 13.7. The van der Waals surface area contributed by atoms with Crippen molar-refractivity contribution >= 4 is 21.8 Å². The maximum atomic E-state index is 11.9. The van der Waals surface area contributed by atoms with E-state index in [0.717, 1.165) is 10.9 Å². The Morgan fingerprint density at radius 3 is 2.63 bits per heavy atom. The molecule has 2 aromatic rings. The number of carbonyl (C=O) groups excluding carboxylic acids is 1. The predicted molar refractivity (Wildman–Crippen MR) is 79.0 cm³/mol. The number of amides is 1. The Bertz CT molecular complexity index is 540. The SMILES string of the molecule is CC(Cc1ccc(Br)cc1)NC(=O)c1ccccn1. The second-order valence-corrected chi connectivity index (χ2v) is 5.34. The quantitative estimate of drug-likeness (QED) is 0.940. The highest BCUT2D eigenvalue weighted by Crippen LogP contribution is 2.12. The lowest BCUT2D eigenvalue weighted by Gasteiger charge is -2.13. The molecule has 0 aliphatic carbocycles. The molecule has 4 heteroatoms. The summed E-state index contributed by atoms with van der Waals surface area (Å²) in [5.41, 5.74) is 1.64. The Hall–Kier alpha value is -1.68. The fourth-order valence-corrected chi connectivity index (χ4v) is 2.08. The summed E-state index contributed by atoms with van der Waals surface area (Å²) in [7, 11) is 0. The largest absolute Gasteiger partial charge is 0.348 e. The maximum absolute atomic E-state index is 11.9. The van der Waals surface area contributed by atoms with Gasteiger partial charge < -0.3 is 5.32 Å². The summed E-state index contributed by atoms with van der Waals surface area (Å²) in [6.07, 6.45) is 2.42. The van der Waals surface area contributed by atoms with E-state index in [4.69, 9.17) is 0 Å². The monoisotopic (exact) mass is 318 g/mol. The van der Waals surface area contributed by atoms with Crippen LogP contribution in [0.4, 0.5) is 0 Å². The van der Waals surface area contributed by atoms with Crippen molar-refractivity contribution in [2.75, 3.05) is 0 Å². The van der Waals surface area contributed by atoms with E-state index in [1.54, 1.807) is 24.4 Å². The molecule has 0 fully saturated rings. The van der Waals surface area contributed by atoms with E-state index in [2.05, 4.69) is 26.2 Å². The molecule has 1 heterocycles. The first-order valence-electron chi connectivity index (χ1n) is 6.11. The molecule has 0 radical (unpaired) electrons. The molecule has 98 valence electrons. The highest BCUT2D eigenvalue weighted by atomic mass is 79.9. The molecule has 0 spiro atoms. The number of rotatable bonds is 4. The third-order valence-electron chi connectivity index (χ3n) is 2.73. The average Bonchev–Trinajstić information content (AvgIpc) is 2.42. The summed E-state index contributed by atoms with van der Waals surface area (Å²) in [5.74, 6) is -0.134. The first-order valence-corrected chi connectivity index (χ1v) is 6.91. The fraction of sp³-hybridized carbons (Fsp3) is 0.200. The second kappa shape index (κ2) is 6.48. The third-order valence-corrected chi connectivity index (χ3v) is 3.26. The molecule has 0 bridgehead atoms. The molecule has 1 amide bonds. The number of aromatic nitrogens is 1. The van der Waals surface area contributed by atoms with Crippen LogP contribution in [0.5, 0.6) is 0 Å². The number of carbonyl (C=O) groups is 1. The van der Waals surface area contributed by atoms with Crippen LogP contribution in [0.3, 0.4) is 0 Å². The van der Waals surface area contributed by atoms with Gasteiger partial charge in [-0.1, -0.05) is 34.1 Å². The van der Waals surface area contributed by atoms with Crippen LogP contribution in [0, 0.1) is 0 Å². The van der Waals surface area contributed by atoms with Gasteiger partial charge in [0, 0.05) is 16.7 Å². The normalized spacial score (nSPS) is 11.9. The number of benzene rings is 1. The third kappa shape index (κ3) is 4.17. The Labute approximate surface area is 121 Å². The van der Waals surface area contributed by atoms with Crippen LogP contribution in [0.1, 0.15) is 23.0 Å². The van der Waals surface area contributed by atoms with E-state index < -0.39 is 0 Å². The molecule has 2 rings (SSSR count). The second-order valence-electron chi connectivity index (χ2n) is 4.42. The molecule has 1 aromatic carbocycles. The lowest BCUT2D eigenvalue weighted by molar-refractivity contribution is 0.0935. The van der Waals surface area contributed by atoms with Gasteiger partial charge in [-0.25, -0.2) is 0 Å². The topological polar surface area (TPSA) is 42.0 Å². The van der Waals surface area contributed by atoms with Crippen LogP contribution in [0.15, 0.2) is 53.1 Å². The first kappa shape index (κ1) is 13.7. The Morgan fingerprint density at radius 2 is 2.00 bits per heavy atom. The molecule has 19 heavy (non-hydrogen) atoms. The molecule has 1 aromatic heterocycles. The summed E-state index contributed by atoms with van der Waals surface area (Å²) >= 11 is 3.40. The zero-order valence-corrected chi connectivity index (χ0v) is 12.2. The van der Waals surface area contributed by atoms with Gasteiger partial charge in [-0.05, 0) is 43.2 Å². The van der Waals surface area contributed by atoms with E-state index in [1.807, 2.05) is 31.2 Å². The minimum absolute atomic E-state index is 0.0654. The van der Waals surface area contributed by atoms with Crippen LogP contribution in [-0.2, 0) is 6.42 Å². The molecule has 3 nitrogen and oxygen atoms in total. The molecule has 0 saturated heterocycles. The molecular weight excluding hydrogens is 304 g/mol. The van der Waals surface area contributed by atoms with Crippen molar-refractivity contribution in [3.05, 3.63) is 64.4 Å². The first-order chi connectivity index (χ1) is 9.15. The summed E-state index contributed by atoms with van der Waals surface area (Å²) in [5, 5.41) is 2.95. The van der Waals surface area contributed by atoms with Crippen LogP contribution in [0.2, 0.25) is 0 Å². The molecule has 0 saturated carbocycles. The van der Waals surface area contributed by atoms with E-state index in [-0.39, 0.29) is 11.9 Å². The van der Waals surface area contributed by atoms with Crippen molar-refractivity contribution in [1.82, 2.24) is 10.3 Å². The fourth-order valence-electron chi connectivity index (χ4n) is 1.82. The van der Waals surface area contributed by atoms with E-state index >= 15 is 0 Å². The van der Waals surface area contributed by atoms with Gasteiger partial charge in [-0.15, -0.1) is 0 Å². The zero-order valence-electron chi connectivity index (χ0n) is 10.6. The minimum Gasteiger partial charge on any atom is -0.348 e. The van der Waals surface area contributed by atoms with Crippen molar-refractivity contribution in [2.45, 2.75) is 19.4 Å². The van der Waals surface area contributed by atoms with Gasteiger partial charge in [0.1, 0.15) is 5.69 Å². The van der Waals surface area contributed by atoms with Crippen LogP contribution >= 0.6 is 15.9 Å². The van der Waals surface area contributed by atoms with Crippen LogP contribution in [-0.4, -0.2) is 16.9 Å². The van der Waals surface area contributed by atoms with E-state index in [9.17, 15) is 4.79 Å². The molecule has 1 N–H and O–H groups in total. The standard InChI is InChI=1S/C15H15BrN2O/c1-11(10-12-5-7-13(16)8-6-12)18-15(19)14-4-2-3-9-17-14/h2-9,11H,10H2,1H3,(H,18,19). The molecule has 0 aliphatic rings. The lowest BCUT2D eigenvalue weighted by atomic mass is 10.1. The van der Waals surface area contributed by atoms with Crippen LogP contribution < -0.4 is 5.32 Å². The van der Waals surface area contributed by atoms with Gasteiger partial charge in [-0.2, -0.15) is 0 Å². The Balaban J connectivity index is 1.92. The van der Waals surface area contributed by atoms with Crippen molar-refractivity contribution in [2.24, 2.45) is 0 Å². The highest BCUT2D eigenvalue weighted by molar-refractivity contribution is 9.10. The molecule has 1 atom stereocenters. The predicted octanol–water partition coefficient (Wildman–Crippen LogP) is 3.21. The van der Waals surface area contributed by atoms with Crippen molar-refractivity contribution in [1.29, 1.82) is 0 Å². The van der Waals surface area contributed by atoms with Gasteiger partial charge in [-0.3, -0.25) is 9.78 Å². The number of nitrogens with zero attached hydrogens (tertiary/aromatic N) is 1. The van der Waals surface area contributed by atoms with Crippen molar-refractivity contribution in [3.63, 3.8) is 0 Å². The summed E-state index contributed by atoms with van der Waals surface area (Å²) in [4.78, 5) is 16.0. The average molecular weight is 319 g/mol. The number of halogens is 1. The van der Waals surface area contributed by atoms with E-state index in [1.165, 1.54) is 5.56 Å². The smallest absolute Gasteiger partial charge is 0.270 e. The number of hydrogen-bond donors (Lipinski definition) is 1. The highest BCUT2D eigenvalue weighted by Gasteiger charge is 2.10. The molecular formula is C15H15BrN2O. The maximum Gasteiger partial charge on any atom is 0.270 e. The number of hydrogen-bond acceptors (Lipinski definition) is 2. The molecule has 1 unspecified atom stereocenters. The number of pyridine rings is 1. The lowest BCUT2D eigenvalue weighted by Crippen LogP contribution is -2.34. The van der Waals surface area contributed by atoms with Gasteiger partial charge in [0.25, 0.3) is 5.91 Å². The van der Waals surface area contributed by atoms with Crippen molar-refractivity contribution < 1.29 is 4.79 Å². The molecule has 0 aliphatic heterocycles. The van der Waals surface area contributed by atoms with Crippen LogP contribution in [0.25, 0.3) is 0 Å². The summed E-state index contributed by atoms with van der Waals surface area (Å²) < 4.78 is 1.06. The Kier molecular flexibility index (Phi) is 4.68. The Morgan fingerprint density at radius 1 is 1.26 bits per heavy atom. The summed E-state index contributed by atoms with van der Waals surface area (Å²) in [6.45, 7) is 1.99. The number of nitrogens with one attached hydrogen (secondary N) is 1. The van der Waals surface area contributed by atoms with Crippen molar-refractivity contribution in [3.8, 4) is 0 Å². The van der Waals surface area contributed by atoms with Gasteiger partial charge in [0.15, 0.2) is 0 Å². The van der Waals surface area contributed by atoms with Gasteiger partial charge >= 0.3 is 0 Å². The summed E-state index contributed by atoms with van der Waals surface area (Å²) in [6, 6.07) is 13.5. The van der Waals surface area contributed by atoms with Gasteiger partial charge in [0.05, 0.1) is 0 Å². The van der Waals surface area contributed by atoms with E-state index in [0.29, 0.717) is 5.69 Å². The van der Waals surface area contributed by atoms with Gasteiger partial charge in [0.2, 0.25) is 0 Å². The minimum atomic E-state index is -0.134.